The molecule has 1 aromatic carbocycles. The Morgan fingerprint density at radius 3 is 2.76 bits per heavy atom. The van der Waals surface area contributed by atoms with E-state index in [1.165, 1.54) is 0 Å². The Morgan fingerprint density at radius 2 is 2.16 bits per heavy atom. The van der Waals surface area contributed by atoms with Crippen LogP contribution < -0.4 is 0 Å². The fourth-order valence-corrected chi connectivity index (χ4v) is 4.38. The van der Waals surface area contributed by atoms with Crippen molar-refractivity contribution in [2.75, 3.05) is 0 Å². The van der Waals surface area contributed by atoms with Gasteiger partial charge < -0.3 is 9.30 Å². The largest absolute Gasteiger partial charge is 0.365 e. The maximum Gasteiger partial charge on any atom is 0.102 e. The first kappa shape index (κ1) is 20.7. The van der Waals surface area contributed by atoms with Gasteiger partial charge in [0.25, 0.3) is 0 Å². The van der Waals surface area contributed by atoms with E-state index in [0.29, 0.717) is 23.2 Å². The molecule has 0 saturated heterocycles. The van der Waals surface area contributed by atoms with Crippen molar-refractivity contribution in [3.8, 4) is 0 Å². The second-order valence-electron chi connectivity index (χ2n) is 5.18. The van der Waals surface area contributed by atoms with Gasteiger partial charge in [-0.25, -0.2) is 9.97 Å². The van der Waals surface area contributed by atoms with Crippen molar-refractivity contribution < 1.29 is 4.74 Å². The zero-order valence-electron chi connectivity index (χ0n) is 13.2. The summed E-state index contributed by atoms with van der Waals surface area (Å²) < 4.78 is 9.09. The summed E-state index contributed by atoms with van der Waals surface area (Å²) in [7, 11) is 0. The van der Waals surface area contributed by atoms with Crippen molar-refractivity contribution in [1.82, 2.24) is 14.5 Å². The second-order valence-corrected chi connectivity index (χ2v) is 8.54. The summed E-state index contributed by atoms with van der Waals surface area (Å²) in [6.45, 7) is 2.96. The van der Waals surface area contributed by atoms with Crippen molar-refractivity contribution in [3.05, 3.63) is 67.0 Å². The van der Waals surface area contributed by atoms with Crippen molar-refractivity contribution in [1.29, 1.82) is 0 Å². The molecule has 0 aliphatic heterocycles. The quantitative estimate of drug-likeness (QED) is 0.425. The molecule has 0 fully saturated rings. The Morgan fingerprint density at radius 1 is 1.36 bits per heavy atom. The molecule has 0 radical (unpaired) electrons. The van der Waals surface area contributed by atoms with Gasteiger partial charge >= 0.3 is 0 Å². The zero-order valence-corrected chi connectivity index (χ0v) is 17.9. The summed E-state index contributed by atoms with van der Waals surface area (Å²) >= 11 is 17.5. The fraction of sp³-hybridized carbons (Fsp3) is 0.250. The number of hydrogen-bond donors (Lipinski definition) is 0. The van der Waals surface area contributed by atoms with Crippen LogP contribution in [0.4, 0.5) is 0 Å². The smallest absolute Gasteiger partial charge is 0.102 e. The Hall–Kier alpha value is -0.630. The number of benzene rings is 1. The van der Waals surface area contributed by atoms with Crippen LogP contribution in [0.15, 0.2) is 40.7 Å². The number of ether oxygens (including phenoxy) is 1. The van der Waals surface area contributed by atoms with Crippen molar-refractivity contribution in [3.63, 3.8) is 0 Å². The molecule has 3 aromatic rings. The molecule has 0 saturated carbocycles. The first-order chi connectivity index (χ1) is 11.5. The third-order valence-corrected chi connectivity index (χ3v) is 5.73. The van der Waals surface area contributed by atoms with Crippen LogP contribution in [0.5, 0.6) is 0 Å². The monoisotopic (exact) mass is 481 g/mol. The fourth-order valence-electron chi connectivity index (χ4n) is 2.30. The van der Waals surface area contributed by atoms with E-state index >= 15 is 0 Å². The Bertz CT molecular complexity index is 826. The van der Waals surface area contributed by atoms with Gasteiger partial charge in [0.1, 0.15) is 6.10 Å². The number of hydrogen-bond acceptors (Lipinski definition) is 4. The molecule has 2 aromatic heterocycles. The molecular formula is C16H15BrCl3N3OS. The van der Waals surface area contributed by atoms with E-state index in [-0.39, 0.29) is 18.5 Å². The Labute approximate surface area is 174 Å². The van der Waals surface area contributed by atoms with E-state index in [1.54, 1.807) is 29.9 Å². The first-order valence-corrected chi connectivity index (χ1v) is 9.53. The summed E-state index contributed by atoms with van der Waals surface area (Å²) in [4.78, 5) is 8.56. The zero-order chi connectivity index (χ0) is 17.1. The summed E-state index contributed by atoms with van der Waals surface area (Å²) in [6.07, 6.45) is 5.14. The highest BCUT2D eigenvalue weighted by molar-refractivity contribution is 9.11. The van der Waals surface area contributed by atoms with Gasteiger partial charge in [-0.15, -0.1) is 23.7 Å². The number of aryl methyl sites for hydroxylation is 1. The summed E-state index contributed by atoms with van der Waals surface area (Å²) in [5.41, 5.74) is 1.77. The summed E-state index contributed by atoms with van der Waals surface area (Å²) in [5.74, 6) is 0. The Kier molecular flexibility index (Phi) is 7.73. The topological polar surface area (TPSA) is 39.9 Å². The highest BCUT2D eigenvalue weighted by atomic mass is 79.9. The molecule has 9 heteroatoms. The number of rotatable bonds is 6. The van der Waals surface area contributed by atoms with Crippen LogP contribution in [0, 0.1) is 6.92 Å². The van der Waals surface area contributed by atoms with Gasteiger partial charge in [0.05, 0.1) is 34.0 Å². The van der Waals surface area contributed by atoms with Gasteiger partial charge in [-0.3, -0.25) is 0 Å². The molecule has 2 heterocycles. The van der Waals surface area contributed by atoms with Crippen LogP contribution in [0.1, 0.15) is 22.4 Å². The van der Waals surface area contributed by atoms with Gasteiger partial charge in [0.2, 0.25) is 0 Å². The lowest BCUT2D eigenvalue weighted by Gasteiger charge is -2.20. The highest BCUT2D eigenvalue weighted by Gasteiger charge is 2.18. The lowest BCUT2D eigenvalue weighted by atomic mass is 10.1. The molecule has 134 valence electrons. The molecule has 3 rings (SSSR count). The van der Waals surface area contributed by atoms with Crippen LogP contribution >= 0.6 is 62.9 Å². The van der Waals surface area contributed by atoms with Crippen LogP contribution in [-0.4, -0.2) is 14.5 Å². The van der Waals surface area contributed by atoms with E-state index in [0.717, 1.165) is 20.1 Å². The van der Waals surface area contributed by atoms with Crippen LogP contribution in [0.2, 0.25) is 10.0 Å². The molecule has 0 amide bonds. The van der Waals surface area contributed by atoms with Crippen LogP contribution in [0.3, 0.4) is 0 Å². The Balaban J connectivity index is 0.00000225. The minimum atomic E-state index is -0.238. The molecule has 4 nitrogen and oxygen atoms in total. The van der Waals surface area contributed by atoms with E-state index < -0.39 is 0 Å². The average molecular weight is 484 g/mol. The molecule has 0 spiro atoms. The first-order valence-electron chi connectivity index (χ1n) is 7.17. The van der Waals surface area contributed by atoms with Gasteiger partial charge in [-0.05, 0) is 35.0 Å². The van der Waals surface area contributed by atoms with Crippen LogP contribution in [0.25, 0.3) is 0 Å². The van der Waals surface area contributed by atoms with Crippen molar-refractivity contribution in [2.24, 2.45) is 0 Å². The minimum Gasteiger partial charge on any atom is -0.365 e. The van der Waals surface area contributed by atoms with E-state index in [4.69, 9.17) is 27.9 Å². The predicted molar refractivity (Wildman–Crippen MR) is 108 cm³/mol. The number of imidazole rings is 1. The normalized spacial score (nSPS) is 12.0. The number of thiazole rings is 1. The summed E-state index contributed by atoms with van der Waals surface area (Å²) in [6, 6.07) is 5.44. The van der Waals surface area contributed by atoms with E-state index in [9.17, 15) is 0 Å². The minimum absolute atomic E-state index is 0. The van der Waals surface area contributed by atoms with Crippen molar-refractivity contribution in [2.45, 2.75) is 26.2 Å². The van der Waals surface area contributed by atoms with Gasteiger partial charge in [0.15, 0.2) is 0 Å². The third kappa shape index (κ3) is 5.42. The second kappa shape index (κ2) is 9.35. The average Bonchev–Trinajstić information content (AvgIpc) is 3.13. The molecule has 1 unspecified atom stereocenters. The van der Waals surface area contributed by atoms with Crippen molar-refractivity contribution >= 4 is 62.9 Å². The van der Waals surface area contributed by atoms with Gasteiger partial charge in [-0.2, -0.15) is 0 Å². The lowest BCUT2D eigenvalue weighted by Crippen LogP contribution is -2.13. The van der Waals surface area contributed by atoms with Gasteiger partial charge in [0, 0.05) is 28.0 Å². The molecule has 1 atom stereocenters. The molecular weight excluding hydrogens is 469 g/mol. The molecule has 25 heavy (non-hydrogen) atoms. The molecule has 0 N–H and O–H groups in total. The maximum atomic E-state index is 6.37. The van der Waals surface area contributed by atoms with Crippen LogP contribution in [-0.2, 0) is 17.9 Å². The maximum absolute atomic E-state index is 6.37. The third-order valence-electron chi connectivity index (χ3n) is 3.42. The standard InChI is InChI=1S/C16H14BrCl2N3OS.ClH/c1-10-21-14(16(17)24-10)8-23-15(7-22-5-4-20-9-22)12-3-2-11(18)6-13(12)19;/h2-6,9,15H,7-8H2,1H3;1H. The molecule has 0 aliphatic rings. The van der Waals surface area contributed by atoms with E-state index in [1.807, 2.05) is 29.8 Å². The SMILES string of the molecule is Cc1nc(COC(Cn2ccnc2)c2ccc(Cl)cc2Cl)c(Br)s1.Cl. The lowest BCUT2D eigenvalue weighted by molar-refractivity contribution is 0.0262. The number of aromatic nitrogens is 3. The number of halogens is 4. The summed E-state index contributed by atoms with van der Waals surface area (Å²) in [5, 5.41) is 2.18. The highest BCUT2D eigenvalue weighted by Crippen LogP contribution is 2.32. The predicted octanol–water partition coefficient (Wildman–Crippen LogP) is 6.10. The van der Waals surface area contributed by atoms with E-state index in [2.05, 4.69) is 25.9 Å². The number of nitrogens with zero attached hydrogens (tertiary/aromatic N) is 3. The molecule has 0 aliphatic carbocycles. The molecule has 0 bridgehead atoms. The van der Waals surface area contributed by atoms with Gasteiger partial charge in [-0.1, -0.05) is 29.3 Å².